The summed E-state index contributed by atoms with van der Waals surface area (Å²) < 4.78 is 0. The topological polar surface area (TPSA) is 36.4 Å². The van der Waals surface area contributed by atoms with Crippen LogP contribution in [0, 0.1) is 13.8 Å². The second kappa shape index (κ2) is 5.06. The molecule has 18 heavy (non-hydrogen) atoms. The maximum atomic E-state index is 12.4. The molecule has 1 aliphatic rings. The summed E-state index contributed by atoms with van der Waals surface area (Å²) in [5.74, 6) is 0.101. The Balaban J connectivity index is 2.15. The molecule has 0 aliphatic carbocycles. The molecule has 1 aromatic rings. The molecule has 1 saturated heterocycles. The van der Waals surface area contributed by atoms with E-state index in [-0.39, 0.29) is 5.91 Å². The molecule has 1 fully saturated rings. The summed E-state index contributed by atoms with van der Waals surface area (Å²) in [4.78, 5) is 20.9. The van der Waals surface area contributed by atoms with E-state index in [1.165, 1.54) is 0 Å². The minimum Gasteiger partial charge on any atom is -0.337 e. The van der Waals surface area contributed by atoms with E-state index in [4.69, 9.17) is 0 Å². The number of carbonyl (C=O) groups is 1. The molecule has 98 valence electrons. The molecular formula is C14H21N3O. The van der Waals surface area contributed by atoms with Crippen molar-refractivity contribution in [2.45, 2.75) is 26.3 Å². The summed E-state index contributed by atoms with van der Waals surface area (Å²) in [5, 5.41) is 0. The van der Waals surface area contributed by atoms with E-state index in [0.717, 1.165) is 36.5 Å². The summed E-state index contributed by atoms with van der Waals surface area (Å²) in [5.41, 5.74) is 2.54. The largest absolute Gasteiger partial charge is 0.337 e. The number of nitrogens with zero attached hydrogens (tertiary/aromatic N) is 3. The lowest BCUT2D eigenvalue weighted by atomic mass is 10.1. The van der Waals surface area contributed by atoms with Crippen LogP contribution >= 0.6 is 0 Å². The molecule has 1 amide bonds. The number of rotatable bonds is 2. The fraction of sp³-hybridized carbons (Fsp3) is 0.571. The van der Waals surface area contributed by atoms with E-state index in [1.807, 2.05) is 37.9 Å². The minimum atomic E-state index is 0.101. The van der Waals surface area contributed by atoms with E-state index < -0.39 is 0 Å². The van der Waals surface area contributed by atoms with Crippen molar-refractivity contribution in [2.24, 2.45) is 0 Å². The molecule has 0 saturated carbocycles. The zero-order valence-corrected chi connectivity index (χ0v) is 11.6. The van der Waals surface area contributed by atoms with Crippen LogP contribution in [0.5, 0.6) is 0 Å². The monoisotopic (exact) mass is 247 g/mol. The van der Waals surface area contributed by atoms with E-state index in [2.05, 4.69) is 16.9 Å². The number of aryl methyl sites for hydroxylation is 2. The van der Waals surface area contributed by atoms with E-state index in [0.29, 0.717) is 6.04 Å². The summed E-state index contributed by atoms with van der Waals surface area (Å²) in [6, 6.07) is 4.06. The number of pyridine rings is 1. The average molecular weight is 247 g/mol. The highest BCUT2D eigenvalue weighted by atomic mass is 16.2. The van der Waals surface area contributed by atoms with Gasteiger partial charge in [0.2, 0.25) is 0 Å². The molecular weight excluding hydrogens is 226 g/mol. The van der Waals surface area contributed by atoms with Crippen molar-refractivity contribution in [1.29, 1.82) is 0 Å². The fourth-order valence-corrected chi connectivity index (χ4v) is 2.56. The molecule has 4 heteroatoms. The smallest absolute Gasteiger partial charge is 0.254 e. The van der Waals surface area contributed by atoms with Gasteiger partial charge in [-0.15, -0.1) is 0 Å². The van der Waals surface area contributed by atoms with Gasteiger partial charge < -0.3 is 9.80 Å². The highest BCUT2D eigenvalue weighted by Crippen LogP contribution is 2.16. The van der Waals surface area contributed by atoms with Crippen LogP contribution < -0.4 is 0 Å². The predicted octanol–water partition coefficient (Wildman–Crippen LogP) is 1.47. The number of hydrogen-bond acceptors (Lipinski definition) is 3. The van der Waals surface area contributed by atoms with Crippen molar-refractivity contribution in [3.8, 4) is 0 Å². The van der Waals surface area contributed by atoms with Crippen molar-refractivity contribution in [3.05, 3.63) is 29.1 Å². The van der Waals surface area contributed by atoms with Gasteiger partial charge >= 0.3 is 0 Å². The molecule has 4 nitrogen and oxygen atoms in total. The first-order valence-electron chi connectivity index (χ1n) is 6.38. The lowest BCUT2D eigenvalue weighted by Crippen LogP contribution is -2.38. The van der Waals surface area contributed by atoms with Crippen molar-refractivity contribution < 1.29 is 4.79 Å². The highest BCUT2D eigenvalue weighted by molar-refractivity contribution is 5.94. The van der Waals surface area contributed by atoms with Gasteiger partial charge in [0, 0.05) is 36.6 Å². The molecule has 0 N–H and O–H groups in total. The Morgan fingerprint density at radius 2 is 2.00 bits per heavy atom. The van der Waals surface area contributed by atoms with Gasteiger partial charge in [-0.1, -0.05) is 0 Å². The number of amides is 1. The molecule has 0 spiro atoms. The third-order valence-corrected chi connectivity index (χ3v) is 3.56. The Morgan fingerprint density at radius 3 is 2.50 bits per heavy atom. The van der Waals surface area contributed by atoms with Gasteiger partial charge in [-0.05, 0) is 46.0 Å². The molecule has 0 aromatic carbocycles. The number of aromatic nitrogens is 1. The molecule has 0 bridgehead atoms. The van der Waals surface area contributed by atoms with Crippen LogP contribution in [-0.4, -0.2) is 53.9 Å². The van der Waals surface area contributed by atoms with Crippen molar-refractivity contribution in [1.82, 2.24) is 14.8 Å². The number of carbonyl (C=O) groups excluding carboxylic acids is 1. The lowest BCUT2D eigenvalue weighted by molar-refractivity contribution is 0.0737. The van der Waals surface area contributed by atoms with Crippen molar-refractivity contribution in [2.75, 3.05) is 27.2 Å². The van der Waals surface area contributed by atoms with Crippen LogP contribution in [0.15, 0.2) is 12.1 Å². The summed E-state index contributed by atoms with van der Waals surface area (Å²) >= 11 is 0. The van der Waals surface area contributed by atoms with Crippen LogP contribution in [0.25, 0.3) is 0 Å². The fourth-order valence-electron chi connectivity index (χ4n) is 2.56. The average Bonchev–Trinajstić information content (AvgIpc) is 2.72. The van der Waals surface area contributed by atoms with Gasteiger partial charge in [0.05, 0.1) is 0 Å². The van der Waals surface area contributed by atoms with Crippen LogP contribution in [-0.2, 0) is 0 Å². The van der Waals surface area contributed by atoms with E-state index >= 15 is 0 Å². The standard InChI is InChI=1S/C14H21N3O/c1-10-7-12(8-11(2)15-10)14(18)17(4)13-5-6-16(3)9-13/h7-8,13H,5-6,9H2,1-4H3. The second-order valence-corrected chi connectivity index (χ2v) is 5.26. The summed E-state index contributed by atoms with van der Waals surface area (Å²) in [6.07, 6.45) is 1.06. The molecule has 0 radical (unpaired) electrons. The second-order valence-electron chi connectivity index (χ2n) is 5.26. The zero-order valence-electron chi connectivity index (χ0n) is 11.6. The van der Waals surface area contributed by atoms with Crippen molar-refractivity contribution >= 4 is 5.91 Å². The third-order valence-electron chi connectivity index (χ3n) is 3.56. The SMILES string of the molecule is Cc1cc(C(=O)N(C)C2CCN(C)C2)cc(C)n1. The molecule has 1 unspecified atom stereocenters. The van der Waals surface area contributed by atoms with E-state index in [9.17, 15) is 4.79 Å². The maximum Gasteiger partial charge on any atom is 0.254 e. The van der Waals surface area contributed by atoms with Crippen LogP contribution in [0.2, 0.25) is 0 Å². The highest BCUT2D eigenvalue weighted by Gasteiger charge is 2.27. The Morgan fingerprint density at radius 1 is 1.39 bits per heavy atom. The van der Waals surface area contributed by atoms with Gasteiger partial charge in [-0.25, -0.2) is 0 Å². The maximum absolute atomic E-state index is 12.4. The Hall–Kier alpha value is -1.42. The first-order valence-corrected chi connectivity index (χ1v) is 6.38. The quantitative estimate of drug-likeness (QED) is 0.794. The molecule has 1 aromatic heterocycles. The van der Waals surface area contributed by atoms with Crippen molar-refractivity contribution in [3.63, 3.8) is 0 Å². The van der Waals surface area contributed by atoms with E-state index in [1.54, 1.807) is 0 Å². The first kappa shape index (κ1) is 13.0. The lowest BCUT2D eigenvalue weighted by Gasteiger charge is -2.24. The minimum absolute atomic E-state index is 0.101. The predicted molar refractivity (Wildman–Crippen MR) is 71.7 cm³/mol. The Bertz CT molecular complexity index is 438. The van der Waals surface area contributed by atoms with Gasteiger partial charge in [0.25, 0.3) is 5.91 Å². The normalized spacial score (nSPS) is 20.1. The summed E-state index contributed by atoms with van der Waals surface area (Å²) in [7, 11) is 4.00. The van der Waals surface area contributed by atoms with Gasteiger partial charge in [-0.2, -0.15) is 0 Å². The Kier molecular flexibility index (Phi) is 3.66. The molecule has 2 rings (SSSR count). The number of hydrogen-bond donors (Lipinski definition) is 0. The number of likely N-dealkylation sites (N-methyl/N-ethyl adjacent to an activating group) is 2. The van der Waals surface area contributed by atoms with Gasteiger partial charge in [-0.3, -0.25) is 9.78 Å². The Labute approximate surface area is 109 Å². The molecule has 1 aliphatic heterocycles. The van der Waals surface area contributed by atoms with Gasteiger partial charge in [0.1, 0.15) is 0 Å². The van der Waals surface area contributed by atoms with Crippen LogP contribution in [0.4, 0.5) is 0 Å². The zero-order chi connectivity index (χ0) is 13.3. The van der Waals surface area contributed by atoms with Gasteiger partial charge in [0.15, 0.2) is 0 Å². The van der Waals surface area contributed by atoms with Crippen LogP contribution in [0.1, 0.15) is 28.2 Å². The van der Waals surface area contributed by atoms with Crippen LogP contribution in [0.3, 0.4) is 0 Å². The molecule has 2 heterocycles. The first-order chi connectivity index (χ1) is 8.47. The summed E-state index contributed by atoms with van der Waals surface area (Å²) in [6.45, 7) is 5.88. The number of likely N-dealkylation sites (tertiary alicyclic amines) is 1. The third kappa shape index (κ3) is 2.70. The molecule has 1 atom stereocenters.